The van der Waals surface area contributed by atoms with Crippen molar-refractivity contribution in [2.75, 3.05) is 23.4 Å². The smallest absolute Gasteiger partial charge is 0.229 e. The molecule has 2 rings (SSSR count). The number of nitrogens with one attached hydrogen (secondary N) is 1. The molecule has 1 aromatic rings. The van der Waals surface area contributed by atoms with E-state index in [1.165, 1.54) is 0 Å². The van der Waals surface area contributed by atoms with Gasteiger partial charge in [0.15, 0.2) is 9.84 Å². The van der Waals surface area contributed by atoms with Gasteiger partial charge in [0.05, 0.1) is 17.4 Å². The third kappa shape index (κ3) is 3.79. The minimum absolute atomic E-state index is 0.0561. The standard InChI is InChI=1S/C13H14N2O4S/c16-7-2-4-11-3-1-5-12(14-11)15-13(17)10-6-8-20(18,19)9-10/h1,3,5,10,16H,6-9H2,(H,14,15,17). The lowest BCUT2D eigenvalue weighted by molar-refractivity contribution is -0.119. The number of amides is 1. The van der Waals surface area contributed by atoms with Crippen LogP contribution in [-0.2, 0) is 14.6 Å². The van der Waals surface area contributed by atoms with E-state index in [0.717, 1.165) is 0 Å². The number of rotatable bonds is 2. The minimum Gasteiger partial charge on any atom is -0.384 e. The van der Waals surface area contributed by atoms with E-state index in [9.17, 15) is 13.2 Å². The van der Waals surface area contributed by atoms with E-state index in [2.05, 4.69) is 22.1 Å². The summed E-state index contributed by atoms with van der Waals surface area (Å²) in [6, 6.07) is 4.93. The SMILES string of the molecule is O=C(Nc1cccc(C#CCO)n1)C1CCS(=O)(=O)C1. The second-order valence-corrected chi connectivity index (χ2v) is 6.69. The number of aromatic nitrogens is 1. The van der Waals surface area contributed by atoms with E-state index in [1.807, 2.05) is 0 Å². The second-order valence-electron chi connectivity index (χ2n) is 4.46. The molecule has 0 radical (unpaired) electrons. The highest BCUT2D eigenvalue weighted by Crippen LogP contribution is 2.19. The summed E-state index contributed by atoms with van der Waals surface area (Å²) in [6.45, 7) is -0.266. The normalized spacial score (nSPS) is 19.9. The van der Waals surface area contributed by atoms with Crippen molar-refractivity contribution in [2.45, 2.75) is 6.42 Å². The lowest BCUT2D eigenvalue weighted by atomic mass is 10.1. The topological polar surface area (TPSA) is 96.4 Å². The van der Waals surface area contributed by atoms with E-state index in [0.29, 0.717) is 17.9 Å². The van der Waals surface area contributed by atoms with Crippen LogP contribution in [0.5, 0.6) is 0 Å². The molecule has 20 heavy (non-hydrogen) atoms. The highest BCUT2D eigenvalue weighted by molar-refractivity contribution is 7.91. The molecule has 1 atom stereocenters. The Morgan fingerprint density at radius 3 is 2.95 bits per heavy atom. The summed E-state index contributed by atoms with van der Waals surface area (Å²) >= 11 is 0. The molecule has 1 aliphatic rings. The van der Waals surface area contributed by atoms with Crippen molar-refractivity contribution in [3.05, 3.63) is 23.9 Å². The fourth-order valence-corrected chi connectivity index (χ4v) is 3.68. The predicted molar refractivity (Wildman–Crippen MR) is 73.6 cm³/mol. The number of nitrogens with zero attached hydrogens (tertiary/aromatic N) is 1. The molecule has 2 heterocycles. The number of carbonyl (C=O) groups is 1. The predicted octanol–water partition coefficient (Wildman–Crippen LogP) is -0.201. The van der Waals surface area contributed by atoms with Gasteiger partial charge < -0.3 is 10.4 Å². The van der Waals surface area contributed by atoms with Crippen molar-refractivity contribution in [1.82, 2.24) is 4.98 Å². The van der Waals surface area contributed by atoms with E-state index in [4.69, 9.17) is 5.11 Å². The molecule has 1 amide bonds. The van der Waals surface area contributed by atoms with Crippen LogP contribution in [0.25, 0.3) is 0 Å². The number of sulfone groups is 1. The van der Waals surface area contributed by atoms with Gasteiger partial charge in [-0.05, 0) is 24.5 Å². The lowest BCUT2D eigenvalue weighted by Gasteiger charge is -2.08. The zero-order valence-electron chi connectivity index (χ0n) is 10.7. The van der Waals surface area contributed by atoms with Gasteiger partial charge in [0.25, 0.3) is 0 Å². The first-order valence-corrected chi connectivity index (χ1v) is 7.90. The average Bonchev–Trinajstić information content (AvgIpc) is 2.77. The molecule has 1 unspecified atom stereocenters. The van der Waals surface area contributed by atoms with Crippen LogP contribution >= 0.6 is 0 Å². The fraction of sp³-hybridized carbons (Fsp3) is 0.385. The first-order valence-electron chi connectivity index (χ1n) is 6.08. The van der Waals surface area contributed by atoms with Crippen LogP contribution in [0.1, 0.15) is 12.1 Å². The molecule has 6 nitrogen and oxygen atoms in total. The van der Waals surface area contributed by atoms with Crippen LogP contribution in [0.15, 0.2) is 18.2 Å². The molecule has 1 saturated heterocycles. The zero-order chi connectivity index (χ0) is 14.6. The maximum atomic E-state index is 11.9. The third-order valence-corrected chi connectivity index (χ3v) is 4.67. The Hall–Kier alpha value is -1.91. The van der Waals surface area contributed by atoms with Crippen LogP contribution in [0.4, 0.5) is 5.82 Å². The molecule has 106 valence electrons. The van der Waals surface area contributed by atoms with Crippen LogP contribution in [0.3, 0.4) is 0 Å². The van der Waals surface area contributed by atoms with Gasteiger partial charge in [0.1, 0.15) is 18.1 Å². The number of hydrogen-bond acceptors (Lipinski definition) is 5. The highest BCUT2D eigenvalue weighted by atomic mass is 32.2. The van der Waals surface area contributed by atoms with Gasteiger partial charge in [-0.1, -0.05) is 12.0 Å². The molecule has 1 aliphatic heterocycles. The summed E-state index contributed by atoms with van der Waals surface area (Å²) in [5.74, 6) is 4.50. The van der Waals surface area contributed by atoms with E-state index >= 15 is 0 Å². The van der Waals surface area contributed by atoms with Gasteiger partial charge in [-0.25, -0.2) is 13.4 Å². The number of carbonyl (C=O) groups excluding carboxylic acids is 1. The van der Waals surface area contributed by atoms with Gasteiger partial charge in [0, 0.05) is 0 Å². The molecular weight excluding hydrogens is 280 g/mol. The van der Waals surface area contributed by atoms with Crippen molar-refractivity contribution >= 4 is 21.6 Å². The van der Waals surface area contributed by atoms with Crippen molar-refractivity contribution in [2.24, 2.45) is 5.92 Å². The molecule has 0 bridgehead atoms. The van der Waals surface area contributed by atoms with Gasteiger partial charge in [-0.3, -0.25) is 4.79 Å². The van der Waals surface area contributed by atoms with E-state index < -0.39 is 15.8 Å². The third-order valence-electron chi connectivity index (χ3n) is 2.90. The average molecular weight is 294 g/mol. The lowest BCUT2D eigenvalue weighted by Crippen LogP contribution is -2.24. The summed E-state index contributed by atoms with van der Waals surface area (Å²) < 4.78 is 22.7. The molecule has 7 heteroatoms. The van der Waals surface area contributed by atoms with E-state index in [-0.39, 0.29) is 24.0 Å². The Morgan fingerprint density at radius 1 is 1.50 bits per heavy atom. The Labute approximate surface area is 117 Å². The first-order chi connectivity index (χ1) is 9.50. The highest BCUT2D eigenvalue weighted by Gasteiger charge is 2.33. The largest absolute Gasteiger partial charge is 0.384 e. The maximum absolute atomic E-state index is 11.9. The molecule has 0 saturated carbocycles. The number of aliphatic hydroxyl groups excluding tert-OH is 1. The van der Waals surface area contributed by atoms with Crippen molar-refractivity contribution in [3.63, 3.8) is 0 Å². The molecule has 0 spiro atoms. The van der Waals surface area contributed by atoms with E-state index in [1.54, 1.807) is 18.2 Å². The zero-order valence-corrected chi connectivity index (χ0v) is 11.5. The Morgan fingerprint density at radius 2 is 2.30 bits per heavy atom. The Kier molecular flexibility index (Phi) is 4.37. The summed E-state index contributed by atoms with van der Waals surface area (Å²) in [4.78, 5) is 16.0. The first kappa shape index (κ1) is 14.5. The number of anilines is 1. The van der Waals surface area contributed by atoms with Crippen LogP contribution in [-0.4, -0.2) is 42.5 Å². The van der Waals surface area contributed by atoms with Gasteiger partial charge >= 0.3 is 0 Å². The maximum Gasteiger partial charge on any atom is 0.229 e. The van der Waals surface area contributed by atoms with Gasteiger partial charge in [-0.2, -0.15) is 0 Å². The second kappa shape index (κ2) is 6.03. The van der Waals surface area contributed by atoms with Crippen molar-refractivity contribution in [3.8, 4) is 11.8 Å². The Bertz CT molecular complexity index is 673. The van der Waals surface area contributed by atoms with Crippen molar-refractivity contribution < 1.29 is 18.3 Å². The molecule has 0 aliphatic carbocycles. The molecule has 1 fully saturated rings. The molecule has 2 N–H and O–H groups in total. The molecule has 1 aromatic heterocycles. The van der Waals surface area contributed by atoms with Gasteiger partial charge in [0.2, 0.25) is 5.91 Å². The van der Waals surface area contributed by atoms with Crippen LogP contribution in [0.2, 0.25) is 0 Å². The number of pyridine rings is 1. The molecule has 0 aromatic carbocycles. The number of aliphatic hydroxyl groups is 1. The monoisotopic (exact) mass is 294 g/mol. The van der Waals surface area contributed by atoms with Crippen LogP contribution in [0, 0.1) is 17.8 Å². The van der Waals surface area contributed by atoms with Gasteiger partial charge in [-0.15, -0.1) is 0 Å². The summed E-state index contributed by atoms with van der Waals surface area (Å²) in [5.41, 5.74) is 0.427. The quantitative estimate of drug-likeness (QED) is 0.736. The summed E-state index contributed by atoms with van der Waals surface area (Å²) in [7, 11) is -3.08. The number of hydrogen-bond donors (Lipinski definition) is 2. The Balaban J connectivity index is 2.05. The fourth-order valence-electron chi connectivity index (χ4n) is 1.93. The summed E-state index contributed by atoms with van der Waals surface area (Å²) in [5, 5.41) is 11.2. The summed E-state index contributed by atoms with van der Waals surface area (Å²) in [6.07, 6.45) is 0.345. The van der Waals surface area contributed by atoms with Crippen LogP contribution < -0.4 is 5.32 Å². The molecular formula is C13H14N2O4S. The van der Waals surface area contributed by atoms with Crippen molar-refractivity contribution in [1.29, 1.82) is 0 Å². The minimum atomic E-state index is -3.08.